The highest BCUT2D eigenvalue weighted by Gasteiger charge is 2.18. The Bertz CT molecular complexity index is 687. The summed E-state index contributed by atoms with van der Waals surface area (Å²) < 4.78 is 10.8. The van der Waals surface area contributed by atoms with Gasteiger partial charge in [0, 0.05) is 21.9 Å². The minimum atomic E-state index is -0.109. The lowest BCUT2D eigenvalue weighted by Crippen LogP contribution is -2.39. The van der Waals surface area contributed by atoms with Gasteiger partial charge in [0.25, 0.3) is 0 Å². The lowest BCUT2D eigenvalue weighted by atomic mass is 9.99. The molecule has 0 atom stereocenters. The first-order valence-corrected chi connectivity index (χ1v) is 7.29. The summed E-state index contributed by atoms with van der Waals surface area (Å²) in [6.07, 6.45) is 0. The molecule has 0 bridgehead atoms. The molecule has 0 saturated heterocycles. The number of fused-ring (bicyclic) bond motifs is 1. The lowest BCUT2D eigenvalue weighted by molar-refractivity contribution is 0.0983. The normalized spacial score (nSPS) is 11.5. The average molecular weight is 301 g/mol. The summed E-state index contributed by atoms with van der Waals surface area (Å²) in [4.78, 5) is 12.6. The van der Waals surface area contributed by atoms with Crippen molar-refractivity contribution in [1.29, 1.82) is 0 Å². The highest BCUT2D eigenvalue weighted by atomic mass is 16.5. The third kappa shape index (κ3) is 3.39. The van der Waals surface area contributed by atoms with Crippen LogP contribution >= 0.6 is 0 Å². The first kappa shape index (κ1) is 16.3. The van der Waals surface area contributed by atoms with E-state index in [4.69, 9.17) is 9.47 Å². The predicted molar refractivity (Wildman–Crippen MR) is 89.1 cm³/mol. The van der Waals surface area contributed by atoms with Gasteiger partial charge < -0.3 is 14.8 Å². The molecule has 0 radical (unpaired) electrons. The second-order valence-electron chi connectivity index (χ2n) is 6.22. The molecule has 0 aliphatic rings. The van der Waals surface area contributed by atoms with Gasteiger partial charge in [0.15, 0.2) is 5.78 Å². The molecule has 4 nitrogen and oxygen atoms in total. The molecule has 0 heterocycles. The molecule has 2 rings (SSSR count). The molecule has 2 aromatic rings. The summed E-state index contributed by atoms with van der Waals surface area (Å²) >= 11 is 0. The minimum absolute atomic E-state index is 0.0343. The summed E-state index contributed by atoms with van der Waals surface area (Å²) in [7, 11) is 3.23. The van der Waals surface area contributed by atoms with Crippen molar-refractivity contribution in [2.75, 3.05) is 20.8 Å². The highest BCUT2D eigenvalue weighted by Crippen LogP contribution is 2.35. The van der Waals surface area contributed by atoms with E-state index in [1.54, 1.807) is 20.3 Å². The van der Waals surface area contributed by atoms with Crippen molar-refractivity contribution in [3.05, 3.63) is 35.9 Å². The fourth-order valence-electron chi connectivity index (χ4n) is 2.37. The number of rotatable bonds is 5. The monoisotopic (exact) mass is 301 g/mol. The summed E-state index contributed by atoms with van der Waals surface area (Å²) in [6.45, 7) is 6.38. The smallest absolute Gasteiger partial charge is 0.177 e. The van der Waals surface area contributed by atoms with Crippen molar-refractivity contribution >= 4 is 16.6 Å². The zero-order chi connectivity index (χ0) is 16.3. The van der Waals surface area contributed by atoms with Crippen LogP contribution in [0.3, 0.4) is 0 Å². The predicted octanol–water partition coefficient (Wildman–Crippen LogP) is 3.43. The number of benzene rings is 2. The number of Topliss-reactive ketones (excluding diaryl/α,β-unsaturated/α-hetero) is 1. The van der Waals surface area contributed by atoms with E-state index in [-0.39, 0.29) is 17.9 Å². The van der Waals surface area contributed by atoms with Gasteiger partial charge in [-0.2, -0.15) is 0 Å². The van der Waals surface area contributed by atoms with Crippen molar-refractivity contribution in [3.63, 3.8) is 0 Å². The van der Waals surface area contributed by atoms with Crippen LogP contribution in [0.15, 0.2) is 30.3 Å². The molecule has 4 heteroatoms. The molecule has 0 amide bonds. The van der Waals surface area contributed by atoms with Crippen LogP contribution in [0.4, 0.5) is 0 Å². The molecule has 0 aliphatic carbocycles. The first-order valence-electron chi connectivity index (χ1n) is 7.29. The van der Waals surface area contributed by atoms with Crippen LogP contribution in [-0.4, -0.2) is 32.1 Å². The third-order valence-electron chi connectivity index (χ3n) is 3.48. The number of nitrogens with one attached hydrogen (secondary N) is 1. The molecule has 118 valence electrons. The van der Waals surface area contributed by atoms with Crippen molar-refractivity contribution in [1.82, 2.24) is 5.32 Å². The number of ketones is 1. The minimum Gasteiger partial charge on any atom is -0.496 e. The maximum absolute atomic E-state index is 12.6. The van der Waals surface area contributed by atoms with Gasteiger partial charge in [0.05, 0.1) is 20.8 Å². The van der Waals surface area contributed by atoms with E-state index in [2.05, 4.69) is 5.32 Å². The SMILES string of the molecule is COc1ccc(C(=O)CNC(C)(C)C)c2c(OC)cccc12. The van der Waals surface area contributed by atoms with Crippen LogP contribution in [0.25, 0.3) is 10.8 Å². The van der Waals surface area contributed by atoms with Crippen LogP contribution in [0.2, 0.25) is 0 Å². The third-order valence-corrected chi connectivity index (χ3v) is 3.48. The zero-order valence-corrected chi connectivity index (χ0v) is 13.8. The number of ether oxygens (including phenoxy) is 2. The Morgan fingerprint density at radius 1 is 1.05 bits per heavy atom. The van der Waals surface area contributed by atoms with Gasteiger partial charge in [0.1, 0.15) is 11.5 Å². The van der Waals surface area contributed by atoms with E-state index < -0.39 is 0 Å². The van der Waals surface area contributed by atoms with Gasteiger partial charge in [-0.05, 0) is 39.0 Å². The molecular weight excluding hydrogens is 278 g/mol. The number of hydrogen-bond acceptors (Lipinski definition) is 4. The molecule has 22 heavy (non-hydrogen) atoms. The second kappa shape index (κ2) is 6.36. The summed E-state index contributed by atoms with van der Waals surface area (Å²) in [5.74, 6) is 1.44. The Morgan fingerprint density at radius 3 is 2.32 bits per heavy atom. The Morgan fingerprint density at radius 2 is 1.73 bits per heavy atom. The summed E-state index contributed by atoms with van der Waals surface area (Å²) in [5.41, 5.74) is 0.534. The maximum Gasteiger partial charge on any atom is 0.177 e. The van der Waals surface area contributed by atoms with E-state index in [0.717, 1.165) is 16.5 Å². The number of carbonyl (C=O) groups excluding carboxylic acids is 1. The van der Waals surface area contributed by atoms with Crippen LogP contribution in [0.5, 0.6) is 11.5 Å². The number of carbonyl (C=O) groups is 1. The van der Waals surface area contributed by atoms with Crippen molar-refractivity contribution in [3.8, 4) is 11.5 Å². The van der Waals surface area contributed by atoms with E-state index >= 15 is 0 Å². The van der Waals surface area contributed by atoms with E-state index in [1.165, 1.54) is 0 Å². The first-order chi connectivity index (χ1) is 10.4. The van der Waals surface area contributed by atoms with E-state index in [1.807, 2.05) is 45.0 Å². The average Bonchev–Trinajstić information content (AvgIpc) is 2.50. The largest absolute Gasteiger partial charge is 0.496 e. The molecule has 0 spiro atoms. The highest BCUT2D eigenvalue weighted by molar-refractivity contribution is 6.12. The van der Waals surface area contributed by atoms with E-state index in [9.17, 15) is 4.79 Å². The van der Waals surface area contributed by atoms with Crippen LogP contribution < -0.4 is 14.8 Å². The van der Waals surface area contributed by atoms with Crippen LogP contribution in [0.1, 0.15) is 31.1 Å². The zero-order valence-electron chi connectivity index (χ0n) is 13.8. The van der Waals surface area contributed by atoms with Crippen molar-refractivity contribution in [2.45, 2.75) is 26.3 Å². The van der Waals surface area contributed by atoms with Gasteiger partial charge in [-0.3, -0.25) is 4.79 Å². The molecule has 0 aliphatic heterocycles. The van der Waals surface area contributed by atoms with Gasteiger partial charge in [-0.15, -0.1) is 0 Å². The maximum atomic E-state index is 12.6. The topological polar surface area (TPSA) is 47.6 Å². The van der Waals surface area contributed by atoms with Gasteiger partial charge in [0.2, 0.25) is 0 Å². The molecule has 0 aromatic heterocycles. The molecule has 0 saturated carbocycles. The van der Waals surface area contributed by atoms with Crippen LogP contribution in [-0.2, 0) is 0 Å². The Kier molecular flexibility index (Phi) is 4.71. The Hall–Kier alpha value is -2.07. The van der Waals surface area contributed by atoms with E-state index in [0.29, 0.717) is 11.3 Å². The van der Waals surface area contributed by atoms with Gasteiger partial charge in [-0.1, -0.05) is 12.1 Å². The standard InChI is InChI=1S/C18H23NO3/c1-18(2,3)19-11-14(20)12-9-10-15(21-4)13-7-6-8-16(22-5)17(12)13/h6-10,19H,11H2,1-5H3. The molecule has 0 fully saturated rings. The van der Waals surface area contributed by atoms with Crippen molar-refractivity contribution < 1.29 is 14.3 Å². The summed E-state index contributed by atoms with van der Waals surface area (Å²) in [6, 6.07) is 9.31. The Labute approximate surface area is 131 Å². The second-order valence-corrected chi connectivity index (χ2v) is 6.22. The fraction of sp³-hybridized carbons (Fsp3) is 0.389. The van der Waals surface area contributed by atoms with Gasteiger partial charge >= 0.3 is 0 Å². The summed E-state index contributed by atoms with van der Waals surface area (Å²) in [5, 5.41) is 4.90. The van der Waals surface area contributed by atoms with Crippen LogP contribution in [0, 0.1) is 0 Å². The van der Waals surface area contributed by atoms with Crippen molar-refractivity contribution in [2.24, 2.45) is 0 Å². The fourth-order valence-corrected chi connectivity index (χ4v) is 2.37. The molecule has 1 N–H and O–H groups in total. The van der Waals surface area contributed by atoms with Gasteiger partial charge in [-0.25, -0.2) is 0 Å². The number of methoxy groups -OCH3 is 2. The number of hydrogen-bond donors (Lipinski definition) is 1. The Balaban J connectivity index is 2.52. The quantitative estimate of drug-likeness (QED) is 0.860. The molecule has 2 aromatic carbocycles. The lowest BCUT2D eigenvalue weighted by Gasteiger charge is -2.20. The molecular formula is C18H23NO3. The molecule has 0 unspecified atom stereocenters.